The maximum absolute atomic E-state index is 12.6. The average Bonchev–Trinajstić information content (AvgIpc) is 3.29. The molecule has 1 atom stereocenters. The Morgan fingerprint density at radius 3 is 2.61 bits per heavy atom. The summed E-state index contributed by atoms with van der Waals surface area (Å²) in [6.45, 7) is 1.82. The van der Waals surface area contributed by atoms with Crippen molar-refractivity contribution in [1.29, 1.82) is 0 Å². The topological polar surface area (TPSA) is 82.3 Å². The fourth-order valence-corrected chi connectivity index (χ4v) is 4.86. The Kier molecular flexibility index (Phi) is 4.79. The molecule has 5 nitrogen and oxygen atoms in total. The molecule has 2 aromatic heterocycles. The number of nitrogens with zero attached hydrogens (tertiary/aromatic N) is 1. The largest absolute Gasteiger partial charge is 0.508 e. The Bertz CT molecular complexity index is 1220. The molecule has 28 heavy (non-hydrogen) atoms. The van der Waals surface area contributed by atoms with E-state index in [1.807, 2.05) is 18.2 Å². The third-order valence-electron chi connectivity index (χ3n) is 5.22. The number of anilines is 1. The number of hydrogen-bond donors (Lipinski definition) is 3. The van der Waals surface area contributed by atoms with Gasteiger partial charge in [-0.1, -0.05) is 0 Å². The first-order chi connectivity index (χ1) is 13.1. The first-order valence-electron chi connectivity index (χ1n) is 8.98. The number of hydrogen-bond acceptors (Lipinski definition) is 5. The van der Waals surface area contributed by atoms with E-state index < -0.39 is 0 Å². The number of pyridine rings is 1. The van der Waals surface area contributed by atoms with E-state index in [0.717, 1.165) is 56.6 Å². The van der Waals surface area contributed by atoms with E-state index >= 15 is 0 Å². The Labute approximate surface area is 171 Å². The number of phenolic OH excluding ortho intramolecular Hbond substituents is 1. The van der Waals surface area contributed by atoms with E-state index in [1.165, 1.54) is 11.3 Å². The fourth-order valence-electron chi connectivity index (χ4n) is 3.79. The lowest BCUT2D eigenvalue weighted by molar-refractivity contribution is 0.475. The summed E-state index contributed by atoms with van der Waals surface area (Å²) < 4.78 is 0.723. The number of phenols is 1. The quantitative estimate of drug-likeness (QED) is 0.462. The molecule has 0 aliphatic carbocycles. The molecule has 1 aliphatic heterocycles. The lowest BCUT2D eigenvalue weighted by Crippen LogP contribution is -2.26. The van der Waals surface area contributed by atoms with Gasteiger partial charge in [-0.25, -0.2) is 0 Å². The van der Waals surface area contributed by atoms with Crippen LogP contribution in [0.15, 0.2) is 53.3 Å². The van der Waals surface area contributed by atoms with Crippen LogP contribution >= 0.6 is 23.7 Å². The number of fused-ring (bicyclic) bond motifs is 3. The van der Waals surface area contributed by atoms with Crippen LogP contribution in [0, 0.1) is 0 Å². The molecule has 4 aromatic rings. The molecule has 1 saturated heterocycles. The molecule has 2 aromatic carbocycles. The molecule has 0 saturated carbocycles. The minimum absolute atomic E-state index is 0. The van der Waals surface area contributed by atoms with Crippen LogP contribution in [0.25, 0.3) is 31.4 Å². The second-order valence-electron chi connectivity index (χ2n) is 7.08. The van der Waals surface area contributed by atoms with E-state index in [4.69, 9.17) is 5.73 Å². The van der Waals surface area contributed by atoms with E-state index in [0.29, 0.717) is 0 Å². The molecule has 0 spiro atoms. The van der Waals surface area contributed by atoms with Crippen molar-refractivity contribution in [3.8, 4) is 16.2 Å². The van der Waals surface area contributed by atoms with Crippen molar-refractivity contribution in [2.75, 3.05) is 18.0 Å². The zero-order chi connectivity index (χ0) is 18.5. The van der Waals surface area contributed by atoms with E-state index in [-0.39, 0.29) is 29.8 Å². The highest BCUT2D eigenvalue weighted by Gasteiger charge is 2.20. The Morgan fingerprint density at radius 2 is 1.89 bits per heavy atom. The van der Waals surface area contributed by atoms with Gasteiger partial charge in [0, 0.05) is 46.0 Å². The van der Waals surface area contributed by atoms with Gasteiger partial charge in [-0.3, -0.25) is 4.79 Å². The van der Waals surface area contributed by atoms with E-state index in [9.17, 15) is 9.90 Å². The molecule has 7 heteroatoms. The van der Waals surface area contributed by atoms with Gasteiger partial charge >= 0.3 is 0 Å². The van der Waals surface area contributed by atoms with Gasteiger partial charge in [0.25, 0.3) is 5.56 Å². The number of rotatable bonds is 2. The number of H-pyrrole nitrogens is 1. The third kappa shape index (κ3) is 3.13. The number of nitrogens with one attached hydrogen (secondary N) is 1. The van der Waals surface area contributed by atoms with Crippen LogP contribution in [0.2, 0.25) is 0 Å². The summed E-state index contributed by atoms with van der Waals surface area (Å²) in [5, 5.41) is 11.5. The van der Waals surface area contributed by atoms with Gasteiger partial charge in [-0.2, -0.15) is 0 Å². The van der Waals surface area contributed by atoms with Crippen LogP contribution in [0.3, 0.4) is 0 Å². The van der Waals surface area contributed by atoms with Crippen molar-refractivity contribution >= 4 is 50.4 Å². The highest BCUT2D eigenvalue weighted by molar-refractivity contribution is 7.22. The van der Waals surface area contributed by atoms with Gasteiger partial charge in [0.05, 0.1) is 0 Å². The first-order valence-corrected chi connectivity index (χ1v) is 9.80. The maximum atomic E-state index is 12.6. The maximum Gasteiger partial charge on any atom is 0.266 e. The van der Waals surface area contributed by atoms with E-state index in [2.05, 4.69) is 28.1 Å². The highest BCUT2D eigenvalue weighted by Crippen LogP contribution is 2.36. The van der Waals surface area contributed by atoms with Gasteiger partial charge < -0.3 is 20.7 Å². The molecule has 0 radical (unpaired) electrons. The normalized spacial score (nSPS) is 16.6. The van der Waals surface area contributed by atoms with Gasteiger partial charge in [0.15, 0.2) is 0 Å². The van der Waals surface area contributed by atoms with Crippen LogP contribution in [0.1, 0.15) is 6.42 Å². The second-order valence-corrected chi connectivity index (χ2v) is 8.13. The standard InChI is InChI=1S/C21H19N3O2S.ClH/c22-13-7-8-24(11-13)14-3-6-18-16(9-14)17-10-19(27-20(17)21(26)23-18)12-1-4-15(25)5-2-12;/h1-6,9-10,13,25H,7-8,11,22H2,(H,23,26);1H. The monoisotopic (exact) mass is 413 g/mol. The van der Waals surface area contributed by atoms with Crippen LogP contribution in [-0.4, -0.2) is 29.2 Å². The van der Waals surface area contributed by atoms with E-state index in [1.54, 1.807) is 12.1 Å². The summed E-state index contributed by atoms with van der Waals surface area (Å²) in [7, 11) is 0. The van der Waals surface area contributed by atoms with Crippen molar-refractivity contribution < 1.29 is 5.11 Å². The summed E-state index contributed by atoms with van der Waals surface area (Å²) in [5.41, 5.74) is 8.96. The molecule has 1 aliphatic rings. The molecule has 0 amide bonds. The lowest BCUT2D eigenvalue weighted by Gasteiger charge is -2.18. The molecule has 4 N–H and O–H groups in total. The summed E-state index contributed by atoms with van der Waals surface area (Å²) in [6, 6.07) is 15.5. The zero-order valence-corrected chi connectivity index (χ0v) is 16.6. The molecule has 1 unspecified atom stereocenters. The smallest absolute Gasteiger partial charge is 0.266 e. The number of thiophene rings is 1. The van der Waals surface area contributed by atoms with Crippen LogP contribution in [-0.2, 0) is 0 Å². The summed E-state index contributed by atoms with van der Waals surface area (Å²) in [4.78, 5) is 18.9. The predicted molar refractivity (Wildman–Crippen MR) is 119 cm³/mol. The number of benzene rings is 2. The molecule has 1 fully saturated rings. The number of aromatic amines is 1. The number of nitrogens with two attached hydrogens (primary N) is 1. The van der Waals surface area contributed by atoms with Gasteiger partial charge in [-0.05, 0) is 60.5 Å². The van der Waals surface area contributed by atoms with Crippen molar-refractivity contribution in [3.05, 3.63) is 58.9 Å². The Hall–Kier alpha value is -2.54. The van der Waals surface area contributed by atoms with Crippen LogP contribution in [0.5, 0.6) is 5.75 Å². The molecule has 144 valence electrons. The summed E-state index contributed by atoms with van der Waals surface area (Å²) >= 11 is 1.48. The van der Waals surface area contributed by atoms with Gasteiger partial charge in [0.2, 0.25) is 0 Å². The van der Waals surface area contributed by atoms with Crippen molar-refractivity contribution in [2.24, 2.45) is 5.73 Å². The van der Waals surface area contributed by atoms with Crippen molar-refractivity contribution in [3.63, 3.8) is 0 Å². The first kappa shape index (κ1) is 18.8. The average molecular weight is 414 g/mol. The van der Waals surface area contributed by atoms with Crippen molar-refractivity contribution in [2.45, 2.75) is 12.5 Å². The molecular weight excluding hydrogens is 394 g/mol. The fraction of sp³-hybridized carbons (Fsp3) is 0.190. The molecule has 3 heterocycles. The van der Waals surface area contributed by atoms with Gasteiger partial charge in [-0.15, -0.1) is 23.7 Å². The van der Waals surface area contributed by atoms with Crippen LogP contribution in [0.4, 0.5) is 5.69 Å². The summed E-state index contributed by atoms with van der Waals surface area (Å²) in [6.07, 6.45) is 1.00. The second kappa shape index (κ2) is 7.13. The third-order valence-corrected chi connectivity index (χ3v) is 6.40. The number of halogens is 1. The molecule has 5 rings (SSSR count). The molecular formula is C21H20ClN3O2S. The van der Waals surface area contributed by atoms with Crippen molar-refractivity contribution in [1.82, 2.24) is 4.98 Å². The minimum atomic E-state index is -0.0662. The SMILES string of the molecule is Cl.NC1CCN(c2ccc3[nH]c(=O)c4sc(-c5ccc(O)cc5)cc4c3c2)C1. The number of aromatic hydroxyl groups is 1. The van der Waals surface area contributed by atoms with Gasteiger partial charge in [0.1, 0.15) is 10.4 Å². The predicted octanol–water partition coefficient (Wildman–Crippen LogP) is 4.07. The van der Waals surface area contributed by atoms with Crippen LogP contribution < -0.4 is 16.2 Å². The molecule has 0 bridgehead atoms. The highest BCUT2D eigenvalue weighted by atomic mass is 35.5. The lowest BCUT2D eigenvalue weighted by atomic mass is 10.1. The summed E-state index contributed by atoms with van der Waals surface area (Å²) in [5.74, 6) is 0.233. The number of aromatic nitrogens is 1. The minimum Gasteiger partial charge on any atom is -0.508 e. The Morgan fingerprint density at radius 1 is 1.11 bits per heavy atom. The Balaban J connectivity index is 0.00000192. The zero-order valence-electron chi connectivity index (χ0n) is 15.0.